The smallest absolute Gasteiger partial charge is 0.425 e. The molecule has 5 rings (SSSR count). The normalized spacial score (nSPS) is 14.3. The molecule has 0 amide bonds. The second-order valence-electron chi connectivity index (χ2n) is 8.97. The summed E-state index contributed by atoms with van der Waals surface area (Å²) in [7, 11) is -0.194. The maximum absolute atomic E-state index is 12.2. The summed E-state index contributed by atoms with van der Waals surface area (Å²) in [5.74, 6) is -3.02. The van der Waals surface area contributed by atoms with E-state index in [0.29, 0.717) is 0 Å². The number of aromatic nitrogens is 6. The maximum atomic E-state index is 12.2. The quantitative estimate of drug-likeness (QED) is 0.0982. The molecular weight excluding hydrogens is 623 g/mol. The third-order valence-electron chi connectivity index (χ3n) is 5.49. The number of carbonyl (C=O) groups is 2. The van der Waals surface area contributed by atoms with Gasteiger partial charge in [-0.2, -0.15) is 0 Å². The van der Waals surface area contributed by atoms with Crippen LogP contribution in [0, 0.1) is 38.5 Å². The van der Waals surface area contributed by atoms with Crippen LogP contribution in [0.25, 0.3) is 0 Å². The summed E-state index contributed by atoms with van der Waals surface area (Å²) in [5, 5.41) is 12.7. The van der Waals surface area contributed by atoms with Crippen LogP contribution in [-0.4, -0.2) is 53.9 Å². The molecule has 1 aliphatic heterocycles. The first-order chi connectivity index (χ1) is 19.7. The summed E-state index contributed by atoms with van der Waals surface area (Å²) < 4.78 is 30.8. The Morgan fingerprint density at radius 1 is 0.881 bits per heavy atom. The summed E-state index contributed by atoms with van der Waals surface area (Å²) in [6.45, 7) is 17.7. The summed E-state index contributed by atoms with van der Waals surface area (Å²) in [6.07, 6.45) is 12.6. The Bertz CT molecular complexity index is 1250. The molecule has 214 valence electrons. The van der Waals surface area contributed by atoms with Crippen molar-refractivity contribution in [3.8, 4) is 0 Å². The predicted octanol–water partition coefficient (Wildman–Crippen LogP) is 2.98. The fourth-order valence-corrected chi connectivity index (χ4v) is 4.00. The Balaban J connectivity index is 0.000000376. The molecule has 1 fully saturated rings. The van der Waals surface area contributed by atoms with Crippen LogP contribution in [0.15, 0.2) is 85.7 Å². The Morgan fingerprint density at radius 2 is 1.29 bits per heavy atom. The van der Waals surface area contributed by atoms with Crippen LogP contribution in [0.5, 0.6) is 0 Å². The molecule has 4 heterocycles. The molecule has 4 aromatic rings. The number of rotatable bonds is 7. The van der Waals surface area contributed by atoms with E-state index in [-0.39, 0.29) is 28.2 Å². The van der Waals surface area contributed by atoms with Gasteiger partial charge in [-0.05, 0) is 61.6 Å². The van der Waals surface area contributed by atoms with Crippen LogP contribution < -0.4 is 0 Å². The van der Waals surface area contributed by atoms with E-state index < -0.39 is 29.6 Å². The standard InChI is InChI=1S/C17H19O4.C9H9BN6.2CO.Mo/c1-11(2)10-13(12-8-6-5-7-9-12)14-15(18)20-17(3,4)21-16(14)19;1-4-11-14(7-1)10(15-8-2-5-12-15)16-9-3-6-13-16;2*1-2;/h5-10,13-14H,1H2,2-4H3;1-9H;;;/q;-1;;;+2. The topological polar surface area (TPSA) is 146 Å². The van der Waals surface area contributed by atoms with Crippen LogP contribution in [0.1, 0.15) is 32.3 Å². The average Bonchev–Trinajstić information content (AvgIpc) is 3.76. The second kappa shape index (κ2) is 17.8. The van der Waals surface area contributed by atoms with Gasteiger partial charge in [0.1, 0.15) is 0 Å². The van der Waals surface area contributed by atoms with Crippen molar-refractivity contribution in [2.45, 2.75) is 32.5 Å². The number of hydrogen-bond donors (Lipinski definition) is 0. The van der Waals surface area contributed by atoms with Crippen LogP contribution in [-0.2, 0) is 49.4 Å². The molecule has 1 saturated heterocycles. The number of nitrogens with zero attached hydrogens (tertiary/aromatic N) is 6. The molecule has 1 atom stereocenters. The van der Waals surface area contributed by atoms with Crippen molar-refractivity contribution < 1.29 is 49.4 Å². The molecule has 42 heavy (non-hydrogen) atoms. The minimum absolute atomic E-state index is 0. The van der Waals surface area contributed by atoms with Crippen LogP contribution in [0.3, 0.4) is 0 Å². The van der Waals surface area contributed by atoms with E-state index in [0.717, 1.165) is 11.5 Å². The van der Waals surface area contributed by atoms with E-state index in [1.807, 2.05) is 74.0 Å². The van der Waals surface area contributed by atoms with Crippen LogP contribution >= 0.6 is 0 Å². The van der Waals surface area contributed by atoms with Crippen molar-refractivity contribution in [3.05, 3.63) is 124 Å². The minimum atomic E-state index is -1.21. The number of ether oxygens (including phenoxy) is 2. The zero-order chi connectivity index (χ0) is 30.4. The number of hydrogen-bond acceptors (Lipinski definition) is 7. The maximum Gasteiger partial charge on any atom is 2.00 e. The van der Waals surface area contributed by atoms with E-state index in [2.05, 4.69) is 35.5 Å². The van der Waals surface area contributed by atoms with Gasteiger partial charge in [0.25, 0.3) is 12.9 Å². The molecule has 1 unspecified atom stereocenters. The van der Waals surface area contributed by atoms with Gasteiger partial charge >= 0.3 is 55.6 Å². The van der Waals surface area contributed by atoms with Crippen molar-refractivity contribution in [2.75, 3.05) is 0 Å². The van der Waals surface area contributed by atoms with Crippen molar-refractivity contribution in [2.24, 2.45) is 5.92 Å². The molecule has 4 radical (unpaired) electrons. The van der Waals surface area contributed by atoms with E-state index in [9.17, 15) is 9.59 Å². The van der Waals surface area contributed by atoms with Gasteiger partial charge in [-0.25, -0.2) is 15.3 Å². The Kier molecular flexibility index (Phi) is 15.2. The molecule has 14 heteroatoms. The molecule has 1 aromatic carbocycles. The molecular formula is C28H28BMoN6O6+. The van der Waals surface area contributed by atoms with Crippen LogP contribution in [0.2, 0.25) is 0 Å². The molecule has 0 N–H and O–H groups in total. The van der Waals surface area contributed by atoms with Crippen molar-refractivity contribution in [1.29, 1.82) is 0 Å². The van der Waals surface area contributed by atoms with Crippen LogP contribution in [0.4, 0.5) is 0 Å². The molecule has 0 spiro atoms. The van der Waals surface area contributed by atoms with E-state index in [1.165, 1.54) is 0 Å². The molecule has 0 saturated carbocycles. The zero-order valence-corrected chi connectivity index (χ0v) is 25.1. The largest absolute Gasteiger partial charge is 2.00 e. The number of cyclic esters (lactones) is 2. The van der Waals surface area contributed by atoms with E-state index in [4.69, 9.17) is 18.8 Å². The molecule has 1 aliphatic rings. The van der Waals surface area contributed by atoms with Gasteiger partial charge in [-0.15, -0.1) is 0 Å². The van der Waals surface area contributed by atoms with Crippen molar-refractivity contribution >= 4 is 19.1 Å². The zero-order valence-electron chi connectivity index (χ0n) is 23.1. The third-order valence-corrected chi connectivity index (χ3v) is 5.49. The third kappa shape index (κ3) is 9.84. The Labute approximate surface area is 259 Å². The fourth-order valence-electron chi connectivity index (χ4n) is 4.00. The monoisotopic (exact) mass is 653 g/mol. The van der Waals surface area contributed by atoms with Gasteiger partial charge in [-0.3, -0.25) is 9.59 Å². The van der Waals surface area contributed by atoms with E-state index in [1.54, 1.807) is 52.6 Å². The predicted molar refractivity (Wildman–Crippen MR) is 144 cm³/mol. The van der Waals surface area contributed by atoms with E-state index >= 15 is 0 Å². The fraction of sp³-hybridized carbons (Fsp3) is 0.214. The average molecular weight is 651 g/mol. The SMILES string of the molecule is [C-]#[O+].[C-]#[O+].[CH2][C](C)[CH]C(c1ccccc1)C1C(=O)OC(C)(C)OC1=O.[Mo+2].c1cnn([B-](n2cccn2)n2cccn2)c1. The van der Waals surface area contributed by atoms with Crippen molar-refractivity contribution in [3.63, 3.8) is 0 Å². The molecule has 3 aromatic heterocycles. The van der Waals surface area contributed by atoms with Gasteiger partial charge in [0.05, 0.1) is 0 Å². The van der Waals surface area contributed by atoms with Gasteiger partial charge in [-0.1, -0.05) is 37.3 Å². The van der Waals surface area contributed by atoms with Gasteiger partial charge in [0.15, 0.2) is 5.92 Å². The Hall–Kier alpha value is -3.98. The number of esters is 2. The molecule has 12 nitrogen and oxygen atoms in total. The summed E-state index contributed by atoms with van der Waals surface area (Å²) >= 11 is 0. The molecule has 0 bridgehead atoms. The summed E-state index contributed by atoms with van der Waals surface area (Å²) in [5.41, 5.74) is 0.846. The first-order valence-corrected chi connectivity index (χ1v) is 12.1. The summed E-state index contributed by atoms with van der Waals surface area (Å²) in [6, 6.07) is 15.0. The van der Waals surface area contributed by atoms with Gasteiger partial charge < -0.3 is 23.3 Å². The number of benzene rings is 1. The second-order valence-corrected chi connectivity index (χ2v) is 8.97. The van der Waals surface area contributed by atoms with Gasteiger partial charge in [0, 0.05) is 38.4 Å². The first-order valence-electron chi connectivity index (χ1n) is 12.1. The minimum Gasteiger partial charge on any atom is -0.425 e. The Morgan fingerprint density at radius 3 is 1.62 bits per heavy atom. The van der Waals surface area contributed by atoms with Crippen molar-refractivity contribution in [1.82, 2.24) is 29.1 Å². The first kappa shape index (κ1) is 36.0. The number of carbonyl (C=O) groups excluding carboxylic acids is 2. The van der Waals surface area contributed by atoms with Gasteiger partial charge in [0.2, 0.25) is 0 Å². The molecule has 0 aliphatic carbocycles. The summed E-state index contributed by atoms with van der Waals surface area (Å²) in [4.78, 5) is 24.5.